The van der Waals surface area contributed by atoms with Crippen molar-refractivity contribution in [1.82, 2.24) is 5.53 Å². The van der Waals surface area contributed by atoms with E-state index in [-0.39, 0.29) is 22.8 Å². The van der Waals surface area contributed by atoms with Gasteiger partial charge in [0, 0.05) is 6.08 Å². The predicted octanol–water partition coefficient (Wildman–Crippen LogP) is 2.11. The monoisotopic (exact) mass is 344 g/mol. The first-order valence-corrected chi connectivity index (χ1v) is 7.07. The molecular formula is C16H13FN4O4. The summed E-state index contributed by atoms with van der Waals surface area (Å²) in [5.74, 6) is -0.612. The van der Waals surface area contributed by atoms with Gasteiger partial charge in [-0.25, -0.2) is 9.40 Å². The maximum Gasteiger partial charge on any atom is 0.281 e. The average molecular weight is 344 g/mol. The van der Waals surface area contributed by atoms with Crippen LogP contribution in [0.5, 0.6) is 0 Å². The van der Waals surface area contributed by atoms with Crippen LogP contribution in [0.15, 0.2) is 66.2 Å². The normalized spacial score (nSPS) is 15.3. The number of allylic oxidation sites excluding steroid dienone is 1. The third kappa shape index (κ3) is 2.47. The fraction of sp³-hybridized carbons (Fsp3) is 0. The van der Waals surface area contributed by atoms with E-state index in [0.29, 0.717) is 16.9 Å². The van der Waals surface area contributed by atoms with Gasteiger partial charge in [0.15, 0.2) is 0 Å². The minimum atomic E-state index is -0.489. The van der Waals surface area contributed by atoms with Gasteiger partial charge < -0.3 is 10.6 Å². The summed E-state index contributed by atoms with van der Waals surface area (Å²) in [6, 6.07) is 12.3. The van der Waals surface area contributed by atoms with Crippen LogP contribution in [0.2, 0.25) is 0 Å². The Morgan fingerprint density at radius 2 is 1.76 bits per heavy atom. The molecule has 0 spiro atoms. The molecule has 0 saturated heterocycles. The first-order valence-electron chi connectivity index (χ1n) is 7.07. The third-order valence-corrected chi connectivity index (χ3v) is 3.86. The summed E-state index contributed by atoms with van der Waals surface area (Å²) in [6.07, 6.45) is 1.30. The number of hydrogen-bond acceptors (Lipinski definition) is 6. The number of hydrazine groups is 2. The van der Waals surface area contributed by atoms with Crippen molar-refractivity contribution >= 4 is 17.1 Å². The molecule has 0 aliphatic carbocycles. The number of fused-ring (bicyclic) bond motifs is 3. The molecule has 0 fully saturated rings. The molecule has 0 unspecified atom stereocenters. The molecular weight excluding hydrogens is 331 g/mol. The highest BCUT2D eigenvalue weighted by atomic mass is 19.1. The number of hydrogen-bond donors (Lipinski definition) is 2. The van der Waals surface area contributed by atoms with E-state index in [9.17, 15) is 19.6 Å². The molecule has 0 bridgehead atoms. The fourth-order valence-corrected chi connectivity index (χ4v) is 2.74. The van der Waals surface area contributed by atoms with Crippen LogP contribution in [0.1, 0.15) is 5.56 Å². The summed E-state index contributed by atoms with van der Waals surface area (Å²) in [5, 5.41) is 24.7. The van der Waals surface area contributed by atoms with Crippen molar-refractivity contribution in [3.63, 3.8) is 0 Å². The lowest BCUT2D eigenvalue weighted by molar-refractivity contribution is -0.375. The summed E-state index contributed by atoms with van der Waals surface area (Å²) in [4.78, 5) is 10.9. The molecule has 2 aromatic carbocycles. The highest BCUT2D eigenvalue weighted by Gasteiger charge is 2.37. The van der Waals surface area contributed by atoms with E-state index >= 15 is 0 Å². The lowest BCUT2D eigenvalue weighted by Gasteiger charge is -2.26. The first kappa shape index (κ1) is 16.4. The molecule has 0 saturated carbocycles. The van der Waals surface area contributed by atoms with Gasteiger partial charge in [0.25, 0.3) is 5.70 Å². The molecule has 0 radical (unpaired) electrons. The number of nitrogens with one attached hydrogen (secondary N) is 1. The molecule has 2 aromatic rings. The minimum absolute atomic E-state index is 0. The summed E-state index contributed by atoms with van der Waals surface area (Å²) >= 11 is 0. The van der Waals surface area contributed by atoms with E-state index in [0.717, 1.165) is 0 Å². The Balaban J connectivity index is 0.00000182. The molecule has 0 aromatic heterocycles. The van der Waals surface area contributed by atoms with E-state index in [1.807, 2.05) is 0 Å². The number of aliphatic hydroxyl groups is 1. The first-order chi connectivity index (χ1) is 11.6. The van der Waals surface area contributed by atoms with Crippen LogP contribution in [0.3, 0.4) is 0 Å². The van der Waals surface area contributed by atoms with Crippen LogP contribution in [0, 0.1) is 15.9 Å². The zero-order valence-electron chi connectivity index (χ0n) is 12.7. The molecule has 25 heavy (non-hydrogen) atoms. The second-order valence-electron chi connectivity index (χ2n) is 5.26. The van der Waals surface area contributed by atoms with Crippen molar-refractivity contribution in [2.75, 3.05) is 10.0 Å². The summed E-state index contributed by atoms with van der Waals surface area (Å²) in [6.45, 7) is 0. The summed E-state index contributed by atoms with van der Waals surface area (Å²) in [5.41, 5.74) is 4.55. The number of para-hydroxylation sites is 1. The number of nitro groups is 1. The van der Waals surface area contributed by atoms with Gasteiger partial charge in [0.1, 0.15) is 11.5 Å². The van der Waals surface area contributed by atoms with Crippen LogP contribution < -0.4 is 15.6 Å². The Morgan fingerprint density at radius 3 is 2.44 bits per heavy atom. The van der Waals surface area contributed by atoms with Crippen LogP contribution >= 0.6 is 0 Å². The van der Waals surface area contributed by atoms with Crippen molar-refractivity contribution in [2.24, 2.45) is 0 Å². The molecule has 4 N–H and O–H groups in total. The number of nitrogens with zero attached hydrogens (tertiary/aromatic N) is 3. The van der Waals surface area contributed by atoms with Crippen LogP contribution in [-0.4, -0.2) is 15.5 Å². The van der Waals surface area contributed by atoms with Gasteiger partial charge >= 0.3 is 0 Å². The predicted molar refractivity (Wildman–Crippen MR) is 89.2 cm³/mol. The number of benzene rings is 2. The Hall–Kier alpha value is -3.43. The largest absolute Gasteiger partial charge is 0.492 e. The standard InChI is InChI=1S/C16H11FN4O3.H2O/c17-10-5-7-11(8-6-10)19-16(22)15-9-14(21(23)24)12-3-1-2-4-13(12)20(15)18-19;/h1-9,18,22H;1H2. The quantitative estimate of drug-likeness (QED) is 0.637. The van der Waals surface area contributed by atoms with Gasteiger partial charge in [-0.1, -0.05) is 12.1 Å². The van der Waals surface area contributed by atoms with Crippen molar-refractivity contribution in [1.29, 1.82) is 0 Å². The second-order valence-corrected chi connectivity index (χ2v) is 5.26. The lowest BCUT2D eigenvalue weighted by atomic mass is 10.0. The third-order valence-electron chi connectivity index (χ3n) is 3.86. The van der Waals surface area contributed by atoms with Crippen LogP contribution in [0.25, 0.3) is 5.70 Å². The van der Waals surface area contributed by atoms with Crippen LogP contribution in [-0.2, 0) is 0 Å². The molecule has 2 aliphatic heterocycles. The Morgan fingerprint density at radius 1 is 1.08 bits per heavy atom. The Kier molecular flexibility index (Phi) is 3.87. The SMILES string of the molecule is O.O=[N+]([O-])C1=CC2=C(O)N(c3ccc(F)cc3)NN2c2ccccc21. The number of halogens is 1. The van der Waals surface area contributed by atoms with E-state index in [2.05, 4.69) is 5.53 Å². The summed E-state index contributed by atoms with van der Waals surface area (Å²) < 4.78 is 13.1. The molecule has 8 nitrogen and oxygen atoms in total. The molecule has 0 amide bonds. The minimum Gasteiger partial charge on any atom is -0.492 e. The molecule has 9 heteroatoms. The molecule has 2 heterocycles. The van der Waals surface area contributed by atoms with Gasteiger partial charge in [0.05, 0.1) is 21.9 Å². The second kappa shape index (κ2) is 5.89. The summed E-state index contributed by atoms with van der Waals surface area (Å²) in [7, 11) is 0. The smallest absolute Gasteiger partial charge is 0.281 e. The maximum atomic E-state index is 13.1. The number of rotatable bonds is 2. The van der Waals surface area contributed by atoms with Crippen molar-refractivity contribution in [3.8, 4) is 0 Å². The molecule has 4 rings (SSSR count). The van der Waals surface area contributed by atoms with Gasteiger partial charge in [-0.05, 0) is 36.4 Å². The van der Waals surface area contributed by atoms with Crippen molar-refractivity contribution in [2.45, 2.75) is 0 Å². The molecule has 0 atom stereocenters. The van der Waals surface area contributed by atoms with E-state index < -0.39 is 10.7 Å². The number of anilines is 2. The topological polar surface area (TPSA) is 113 Å². The average Bonchev–Trinajstić information content (AvgIpc) is 2.92. The van der Waals surface area contributed by atoms with Gasteiger partial charge in [-0.2, -0.15) is 0 Å². The van der Waals surface area contributed by atoms with Crippen molar-refractivity contribution in [3.05, 3.63) is 87.7 Å². The Bertz CT molecular complexity index is 911. The highest BCUT2D eigenvalue weighted by Crippen LogP contribution is 2.39. The highest BCUT2D eigenvalue weighted by molar-refractivity contribution is 5.82. The number of aliphatic hydroxyl groups excluding tert-OH is 1. The van der Waals surface area contributed by atoms with E-state index in [4.69, 9.17) is 0 Å². The lowest BCUT2D eigenvalue weighted by Crippen LogP contribution is -2.42. The van der Waals surface area contributed by atoms with E-state index in [1.165, 1.54) is 35.4 Å². The van der Waals surface area contributed by atoms with Gasteiger partial charge in [-0.3, -0.25) is 15.1 Å². The maximum absolute atomic E-state index is 13.1. The van der Waals surface area contributed by atoms with Crippen LogP contribution in [0.4, 0.5) is 15.8 Å². The molecule has 2 aliphatic rings. The van der Waals surface area contributed by atoms with E-state index in [1.54, 1.807) is 29.3 Å². The fourth-order valence-electron chi connectivity index (χ4n) is 2.74. The molecule has 128 valence electrons. The zero-order chi connectivity index (χ0) is 16.8. The Labute approximate surface area is 141 Å². The van der Waals surface area contributed by atoms with Gasteiger partial charge in [0.2, 0.25) is 5.88 Å². The zero-order valence-corrected chi connectivity index (χ0v) is 12.7. The van der Waals surface area contributed by atoms with Crippen molar-refractivity contribution < 1.29 is 19.9 Å². The van der Waals surface area contributed by atoms with Gasteiger partial charge in [-0.15, -0.1) is 5.53 Å².